The zero-order valence-corrected chi connectivity index (χ0v) is 7.00. The molecule has 0 heterocycles. The molecule has 0 amide bonds. The standard InChI is InChI=1S/C10H13O/c1-10(2,8-11)9-6-4-3-5-7-9/h3-7H,8H2,1-2H3. The van der Waals surface area contributed by atoms with Crippen molar-refractivity contribution in [3.05, 3.63) is 35.9 Å². The van der Waals surface area contributed by atoms with Crippen LogP contribution < -0.4 is 0 Å². The zero-order chi connectivity index (χ0) is 8.32. The third kappa shape index (κ3) is 1.81. The van der Waals surface area contributed by atoms with Crippen molar-refractivity contribution in [3.8, 4) is 0 Å². The molecule has 1 aromatic carbocycles. The van der Waals surface area contributed by atoms with Crippen molar-refractivity contribution in [2.75, 3.05) is 6.61 Å². The molecule has 0 aliphatic carbocycles. The third-order valence-electron chi connectivity index (χ3n) is 1.92. The molecule has 0 aromatic heterocycles. The average Bonchev–Trinajstić information content (AvgIpc) is 2.06. The quantitative estimate of drug-likeness (QED) is 0.615. The molecule has 0 unspecified atom stereocenters. The van der Waals surface area contributed by atoms with Gasteiger partial charge in [0.1, 0.15) is 0 Å². The Morgan fingerprint density at radius 3 is 2.18 bits per heavy atom. The first-order chi connectivity index (χ1) is 5.17. The second-order valence-electron chi connectivity index (χ2n) is 3.39. The van der Waals surface area contributed by atoms with Crippen LogP contribution in [0.3, 0.4) is 0 Å². The second-order valence-corrected chi connectivity index (χ2v) is 3.39. The van der Waals surface area contributed by atoms with Crippen LogP contribution in [0.15, 0.2) is 30.3 Å². The van der Waals surface area contributed by atoms with Crippen molar-refractivity contribution in [1.82, 2.24) is 0 Å². The summed E-state index contributed by atoms with van der Waals surface area (Å²) in [5.74, 6) is 0. The molecular formula is C10H13O. The van der Waals surface area contributed by atoms with Crippen molar-refractivity contribution < 1.29 is 5.11 Å². The van der Waals surface area contributed by atoms with E-state index in [2.05, 4.69) is 0 Å². The lowest BCUT2D eigenvalue weighted by molar-refractivity contribution is 0.137. The van der Waals surface area contributed by atoms with E-state index in [9.17, 15) is 5.11 Å². The van der Waals surface area contributed by atoms with Crippen LogP contribution in [0, 0.1) is 0 Å². The van der Waals surface area contributed by atoms with Crippen molar-refractivity contribution in [2.24, 2.45) is 0 Å². The summed E-state index contributed by atoms with van der Waals surface area (Å²) in [4.78, 5) is 0. The maximum Gasteiger partial charge on any atom is 0.0913 e. The van der Waals surface area contributed by atoms with Gasteiger partial charge in [0.2, 0.25) is 0 Å². The molecule has 0 aliphatic heterocycles. The van der Waals surface area contributed by atoms with Gasteiger partial charge in [0.15, 0.2) is 0 Å². The zero-order valence-electron chi connectivity index (χ0n) is 7.00. The Hall–Kier alpha value is -0.820. The molecule has 0 atom stereocenters. The molecule has 0 fully saturated rings. The molecule has 1 nitrogen and oxygen atoms in total. The fourth-order valence-corrected chi connectivity index (χ4v) is 0.973. The lowest BCUT2D eigenvalue weighted by Crippen LogP contribution is -2.20. The highest BCUT2D eigenvalue weighted by atomic mass is 16.3. The second kappa shape index (κ2) is 3.05. The Labute approximate surface area is 67.7 Å². The fourth-order valence-electron chi connectivity index (χ4n) is 0.973. The lowest BCUT2D eigenvalue weighted by atomic mass is 9.86. The van der Waals surface area contributed by atoms with E-state index in [0.717, 1.165) is 5.56 Å². The summed E-state index contributed by atoms with van der Waals surface area (Å²) in [5.41, 5.74) is 0.899. The van der Waals surface area contributed by atoms with Crippen LogP contribution in [0.2, 0.25) is 0 Å². The van der Waals surface area contributed by atoms with Crippen LogP contribution in [-0.2, 0) is 10.5 Å². The van der Waals surface area contributed by atoms with Crippen molar-refractivity contribution in [2.45, 2.75) is 19.3 Å². The molecule has 0 saturated heterocycles. The molecular weight excluding hydrogens is 136 g/mol. The van der Waals surface area contributed by atoms with E-state index in [1.165, 1.54) is 0 Å². The summed E-state index contributed by atoms with van der Waals surface area (Å²) in [7, 11) is 0. The molecule has 1 radical (unpaired) electrons. The maximum atomic E-state index is 10.8. The van der Waals surface area contributed by atoms with Crippen LogP contribution in [-0.4, -0.2) is 6.61 Å². The van der Waals surface area contributed by atoms with E-state index in [1.54, 1.807) is 0 Å². The van der Waals surface area contributed by atoms with Gasteiger partial charge in [0.05, 0.1) is 6.61 Å². The smallest absolute Gasteiger partial charge is 0.0913 e. The first-order valence-corrected chi connectivity index (χ1v) is 3.80. The molecule has 1 rings (SSSR count). The minimum absolute atomic E-state index is 0.0585. The van der Waals surface area contributed by atoms with Gasteiger partial charge < -0.3 is 0 Å². The van der Waals surface area contributed by atoms with Crippen LogP contribution >= 0.6 is 0 Å². The van der Waals surface area contributed by atoms with Crippen molar-refractivity contribution >= 4 is 0 Å². The Morgan fingerprint density at radius 2 is 1.73 bits per heavy atom. The van der Waals surface area contributed by atoms with E-state index in [1.807, 2.05) is 44.2 Å². The molecule has 59 valence electrons. The van der Waals surface area contributed by atoms with E-state index in [4.69, 9.17) is 0 Å². The normalized spacial score (nSPS) is 11.5. The Morgan fingerprint density at radius 1 is 1.18 bits per heavy atom. The molecule has 0 saturated carbocycles. The predicted octanol–water partition coefficient (Wildman–Crippen LogP) is 2.39. The molecule has 1 heteroatoms. The van der Waals surface area contributed by atoms with E-state index in [-0.39, 0.29) is 12.0 Å². The molecule has 11 heavy (non-hydrogen) atoms. The fraction of sp³-hybridized carbons (Fsp3) is 0.400. The molecule has 0 aliphatic rings. The summed E-state index contributed by atoms with van der Waals surface area (Å²) in [6.07, 6.45) is 0. The number of hydrogen-bond donors (Lipinski definition) is 0. The van der Waals surface area contributed by atoms with Crippen LogP contribution in [0.5, 0.6) is 0 Å². The van der Waals surface area contributed by atoms with Gasteiger partial charge >= 0.3 is 0 Å². The monoisotopic (exact) mass is 149 g/mol. The van der Waals surface area contributed by atoms with Gasteiger partial charge in [-0.15, -0.1) is 0 Å². The van der Waals surface area contributed by atoms with E-state index < -0.39 is 0 Å². The summed E-state index contributed by atoms with van der Waals surface area (Å²) in [5, 5.41) is 10.8. The van der Waals surface area contributed by atoms with Gasteiger partial charge in [0, 0.05) is 5.41 Å². The highest BCUT2D eigenvalue weighted by molar-refractivity contribution is 5.23. The van der Waals surface area contributed by atoms with Gasteiger partial charge in [-0.2, -0.15) is 0 Å². The van der Waals surface area contributed by atoms with E-state index in [0.29, 0.717) is 0 Å². The summed E-state index contributed by atoms with van der Waals surface area (Å²) in [6, 6.07) is 9.89. The molecule has 0 bridgehead atoms. The van der Waals surface area contributed by atoms with Crippen molar-refractivity contribution in [1.29, 1.82) is 0 Å². The predicted molar refractivity (Wildman–Crippen MR) is 45.0 cm³/mol. The Kier molecular flexibility index (Phi) is 2.30. The lowest BCUT2D eigenvalue weighted by Gasteiger charge is -2.20. The topological polar surface area (TPSA) is 19.9 Å². The number of rotatable bonds is 2. The first kappa shape index (κ1) is 8.28. The van der Waals surface area contributed by atoms with Gasteiger partial charge in [-0.25, -0.2) is 5.11 Å². The maximum absolute atomic E-state index is 10.8. The van der Waals surface area contributed by atoms with Gasteiger partial charge in [-0.05, 0) is 5.56 Å². The van der Waals surface area contributed by atoms with Gasteiger partial charge in [0.25, 0.3) is 0 Å². The molecule has 1 aromatic rings. The minimum Gasteiger partial charge on any atom is -0.236 e. The largest absolute Gasteiger partial charge is 0.236 e. The highest BCUT2D eigenvalue weighted by Gasteiger charge is 2.18. The Bertz CT molecular complexity index is 214. The number of hydrogen-bond acceptors (Lipinski definition) is 0. The van der Waals surface area contributed by atoms with Gasteiger partial charge in [-0.3, -0.25) is 0 Å². The van der Waals surface area contributed by atoms with Crippen molar-refractivity contribution in [3.63, 3.8) is 0 Å². The van der Waals surface area contributed by atoms with Crippen LogP contribution in [0.25, 0.3) is 0 Å². The summed E-state index contributed by atoms with van der Waals surface area (Å²) in [6.45, 7) is 3.88. The van der Waals surface area contributed by atoms with Crippen LogP contribution in [0.4, 0.5) is 0 Å². The first-order valence-electron chi connectivity index (χ1n) is 3.80. The van der Waals surface area contributed by atoms with E-state index >= 15 is 0 Å². The summed E-state index contributed by atoms with van der Waals surface area (Å²) < 4.78 is 0. The van der Waals surface area contributed by atoms with Gasteiger partial charge in [-0.1, -0.05) is 44.2 Å². The minimum atomic E-state index is -0.221. The summed E-state index contributed by atoms with van der Waals surface area (Å²) >= 11 is 0. The molecule has 0 N–H and O–H groups in total. The average molecular weight is 149 g/mol. The SMILES string of the molecule is CC(C)(C[O])c1ccccc1. The third-order valence-corrected chi connectivity index (χ3v) is 1.92. The highest BCUT2D eigenvalue weighted by Crippen LogP contribution is 2.21. The Balaban J connectivity index is 2.93. The molecule has 0 spiro atoms. The number of benzene rings is 1. The van der Waals surface area contributed by atoms with Crippen LogP contribution in [0.1, 0.15) is 19.4 Å².